The number of sulfonamides is 1. The fraction of sp³-hybridized carbons (Fsp3) is 0.588. The van der Waals surface area contributed by atoms with Crippen molar-refractivity contribution in [1.29, 1.82) is 0 Å². The third kappa shape index (κ3) is 5.32. The van der Waals surface area contributed by atoms with Crippen LogP contribution in [-0.2, 0) is 20.6 Å². The average Bonchev–Trinajstić information content (AvgIpc) is 2.49. The molecular formula is C17H26N2O3S. The third-order valence-electron chi connectivity index (χ3n) is 4.12. The molecule has 1 heterocycles. The summed E-state index contributed by atoms with van der Waals surface area (Å²) in [6, 6.07) is 7.44. The van der Waals surface area contributed by atoms with Crippen molar-refractivity contribution in [3.63, 3.8) is 0 Å². The second-order valence-electron chi connectivity index (χ2n) is 6.62. The van der Waals surface area contributed by atoms with Crippen LogP contribution in [0.4, 0.5) is 0 Å². The highest BCUT2D eigenvalue weighted by Crippen LogP contribution is 2.15. The van der Waals surface area contributed by atoms with E-state index in [9.17, 15) is 13.2 Å². The minimum atomic E-state index is -3.35. The summed E-state index contributed by atoms with van der Waals surface area (Å²) in [6.07, 6.45) is 1.34. The number of hydrogen-bond acceptors (Lipinski definition) is 3. The van der Waals surface area contributed by atoms with Gasteiger partial charge in [0.2, 0.25) is 15.9 Å². The number of carbonyl (C=O) groups excluding carboxylic acids is 1. The summed E-state index contributed by atoms with van der Waals surface area (Å²) in [5.74, 6) is 0.133. The first-order valence-electron chi connectivity index (χ1n) is 8.11. The van der Waals surface area contributed by atoms with Gasteiger partial charge < -0.3 is 4.90 Å². The number of nitrogens with one attached hydrogen (secondary N) is 1. The highest BCUT2D eigenvalue weighted by molar-refractivity contribution is 7.88. The van der Waals surface area contributed by atoms with Gasteiger partial charge in [0.1, 0.15) is 0 Å². The van der Waals surface area contributed by atoms with Crippen LogP contribution in [0.2, 0.25) is 0 Å². The molecule has 1 saturated heterocycles. The quantitative estimate of drug-likeness (QED) is 0.894. The molecule has 1 fully saturated rings. The van der Waals surface area contributed by atoms with Gasteiger partial charge in [-0.2, -0.15) is 0 Å². The lowest BCUT2D eigenvalue weighted by molar-refractivity contribution is -0.135. The predicted octanol–water partition coefficient (Wildman–Crippen LogP) is 2.06. The van der Waals surface area contributed by atoms with Gasteiger partial charge in [0.15, 0.2) is 0 Å². The van der Waals surface area contributed by atoms with E-state index in [-0.39, 0.29) is 23.6 Å². The van der Waals surface area contributed by atoms with Gasteiger partial charge in [-0.05, 0) is 25.3 Å². The maximum absolute atomic E-state index is 12.3. The van der Waals surface area contributed by atoms with E-state index in [1.807, 2.05) is 49.9 Å². The van der Waals surface area contributed by atoms with Crippen LogP contribution in [0.5, 0.6) is 0 Å². The lowest BCUT2D eigenvalue weighted by Gasteiger charge is -2.33. The van der Waals surface area contributed by atoms with Crippen LogP contribution in [0.1, 0.15) is 37.8 Å². The smallest absolute Gasteiger partial charge is 0.225 e. The summed E-state index contributed by atoms with van der Waals surface area (Å²) in [7, 11) is -3.35. The van der Waals surface area contributed by atoms with Crippen molar-refractivity contribution >= 4 is 15.9 Å². The SMILES string of the molecule is Cc1ccc(CS(=O)(=O)NC2CCN(C(=O)C(C)C)CC2)cc1. The van der Waals surface area contributed by atoms with E-state index in [4.69, 9.17) is 0 Å². The van der Waals surface area contributed by atoms with Crippen LogP contribution in [-0.4, -0.2) is 38.4 Å². The molecule has 0 spiro atoms. The maximum atomic E-state index is 12.3. The van der Waals surface area contributed by atoms with Crippen molar-refractivity contribution in [3.05, 3.63) is 35.4 Å². The number of nitrogens with zero attached hydrogens (tertiary/aromatic N) is 1. The Morgan fingerprint density at radius 2 is 1.78 bits per heavy atom. The van der Waals surface area contributed by atoms with Gasteiger partial charge in [0, 0.05) is 25.0 Å². The zero-order valence-corrected chi connectivity index (χ0v) is 14.9. The molecule has 1 aromatic carbocycles. The maximum Gasteiger partial charge on any atom is 0.225 e. The number of rotatable bonds is 5. The zero-order chi connectivity index (χ0) is 17.0. The molecule has 1 N–H and O–H groups in total. The Morgan fingerprint density at radius 3 is 2.30 bits per heavy atom. The van der Waals surface area contributed by atoms with E-state index >= 15 is 0 Å². The second-order valence-corrected chi connectivity index (χ2v) is 8.37. The Labute approximate surface area is 139 Å². The van der Waals surface area contributed by atoms with Crippen LogP contribution >= 0.6 is 0 Å². The molecule has 1 aliphatic heterocycles. The number of aryl methyl sites for hydroxylation is 1. The molecule has 1 aliphatic rings. The summed E-state index contributed by atoms with van der Waals surface area (Å²) < 4.78 is 27.4. The van der Waals surface area contributed by atoms with Gasteiger partial charge in [0.05, 0.1) is 5.75 Å². The first kappa shape index (κ1) is 17.9. The minimum absolute atomic E-state index is 0.00157. The highest BCUT2D eigenvalue weighted by atomic mass is 32.2. The molecule has 1 amide bonds. The molecule has 6 heteroatoms. The first-order chi connectivity index (χ1) is 10.8. The van der Waals surface area contributed by atoms with Crippen molar-refractivity contribution in [2.24, 2.45) is 5.92 Å². The Hall–Kier alpha value is -1.40. The Balaban J connectivity index is 1.87. The van der Waals surface area contributed by atoms with E-state index in [1.165, 1.54) is 0 Å². The van der Waals surface area contributed by atoms with Gasteiger partial charge in [-0.15, -0.1) is 0 Å². The van der Waals surface area contributed by atoms with Crippen molar-refractivity contribution in [2.75, 3.05) is 13.1 Å². The monoisotopic (exact) mass is 338 g/mol. The summed E-state index contributed by atoms with van der Waals surface area (Å²) in [5, 5.41) is 0. The molecule has 2 rings (SSSR count). The molecular weight excluding hydrogens is 312 g/mol. The molecule has 0 bridgehead atoms. The molecule has 0 atom stereocenters. The van der Waals surface area contributed by atoms with Crippen molar-refractivity contribution in [1.82, 2.24) is 9.62 Å². The zero-order valence-electron chi connectivity index (χ0n) is 14.1. The summed E-state index contributed by atoms with van der Waals surface area (Å²) in [4.78, 5) is 13.8. The van der Waals surface area contributed by atoms with Crippen LogP contribution in [0.25, 0.3) is 0 Å². The average molecular weight is 338 g/mol. The molecule has 0 radical (unpaired) electrons. The van der Waals surface area contributed by atoms with Crippen LogP contribution in [0.15, 0.2) is 24.3 Å². The molecule has 0 aromatic heterocycles. The number of carbonyl (C=O) groups is 1. The summed E-state index contributed by atoms with van der Waals surface area (Å²) >= 11 is 0. The molecule has 128 valence electrons. The van der Waals surface area contributed by atoms with Crippen molar-refractivity contribution in [3.8, 4) is 0 Å². The van der Waals surface area contributed by atoms with Crippen molar-refractivity contribution < 1.29 is 13.2 Å². The van der Waals surface area contributed by atoms with Crippen LogP contribution < -0.4 is 4.72 Å². The van der Waals surface area contributed by atoms with Crippen LogP contribution in [0, 0.1) is 12.8 Å². The third-order valence-corrected chi connectivity index (χ3v) is 5.53. The summed E-state index contributed by atoms with van der Waals surface area (Å²) in [6.45, 7) is 6.99. The molecule has 0 aliphatic carbocycles. The number of amides is 1. The van der Waals surface area contributed by atoms with Gasteiger partial charge in [-0.25, -0.2) is 13.1 Å². The lowest BCUT2D eigenvalue weighted by atomic mass is 10.0. The second kappa shape index (κ2) is 7.45. The Morgan fingerprint density at radius 1 is 1.22 bits per heavy atom. The fourth-order valence-corrected chi connectivity index (χ4v) is 4.24. The van der Waals surface area contributed by atoms with Crippen LogP contribution in [0.3, 0.4) is 0 Å². The van der Waals surface area contributed by atoms with Crippen molar-refractivity contribution in [2.45, 2.75) is 45.4 Å². The van der Waals surface area contributed by atoms with E-state index in [1.54, 1.807) is 0 Å². The van der Waals surface area contributed by atoms with Gasteiger partial charge in [0.25, 0.3) is 0 Å². The van der Waals surface area contributed by atoms with E-state index in [2.05, 4.69) is 4.72 Å². The molecule has 0 saturated carbocycles. The van der Waals surface area contributed by atoms with Gasteiger partial charge >= 0.3 is 0 Å². The summed E-state index contributed by atoms with van der Waals surface area (Å²) in [5.41, 5.74) is 1.90. The molecule has 1 aromatic rings. The topological polar surface area (TPSA) is 66.5 Å². The molecule has 23 heavy (non-hydrogen) atoms. The normalized spacial score (nSPS) is 16.8. The number of benzene rings is 1. The number of hydrogen-bond donors (Lipinski definition) is 1. The largest absolute Gasteiger partial charge is 0.342 e. The predicted molar refractivity (Wildman–Crippen MR) is 91.4 cm³/mol. The van der Waals surface area contributed by atoms with Gasteiger partial charge in [-0.1, -0.05) is 43.7 Å². The lowest BCUT2D eigenvalue weighted by Crippen LogP contribution is -2.47. The Kier molecular flexibility index (Phi) is 5.81. The number of piperidine rings is 1. The number of likely N-dealkylation sites (tertiary alicyclic amines) is 1. The Bertz CT molecular complexity index is 630. The molecule has 0 unspecified atom stereocenters. The van der Waals surface area contributed by atoms with Gasteiger partial charge in [-0.3, -0.25) is 4.79 Å². The first-order valence-corrected chi connectivity index (χ1v) is 9.76. The van der Waals surface area contributed by atoms with E-state index in [0.29, 0.717) is 25.9 Å². The molecule has 5 nitrogen and oxygen atoms in total. The van der Waals surface area contributed by atoms with E-state index < -0.39 is 10.0 Å². The van der Waals surface area contributed by atoms with E-state index in [0.717, 1.165) is 11.1 Å². The highest BCUT2D eigenvalue weighted by Gasteiger charge is 2.26. The standard InChI is InChI=1S/C17H26N2O3S/c1-13(2)17(20)19-10-8-16(9-11-19)18-23(21,22)12-15-6-4-14(3)5-7-15/h4-7,13,16,18H,8-12H2,1-3H3. The fourth-order valence-electron chi connectivity index (χ4n) is 2.78. The minimum Gasteiger partial charge on any atom is -0.342 e.